The number of carbonyl (C=O) groups is 1. The lowest BCUT2D eigenvalue weighted by Crippen LogP contribution is -2.55. The standard InChI is InChI=1S/C14H27N3O4S/c1-11(14(18)15-12-4-7-22(19,20)10-12)17-5-6-21-13(9-17)8-16(2)3/h11-13H,4-10H2,1-3H3,(H,15,18). The normalized spacial score (nSPS) is 30.4. The van der Waals surface area contributed by atoms with Crippen molar-refractivity contribution in [3.05, 3.63) is 0 Å². The second-order valence-corrected chi connectivity index (χ2v) is 8.76. The van der Waals surface area contributed by atoms with E-state index in [1.165, 1.54) is 0 Å². The highest BCUT2D eigenvalue weighted by molar-refractivity contribution is 7.91. The minimum Gasteiger partial charge on any atom is -0.374 e. The molecule has 1 N–H and O–H groups in total. The van der Waals surface area contributed by atoms with Crippen molar-refractivity contribution in [2.75, 3.05) is 51.8 Å². The number of morpholine rings is 1. The highest BCUT2D eigenvalue weighted by Crippen LogP contribution is 2.13. The summed E-state index contributed by atoms with van der Waals surface area (Å²) < 4.78 is 28.6. The predicted molar refractivity (Wildman–Crippen MR) is 84.5 cm³/mol. The summed E-state index contributed by atoms with van der Waals surface area (Å²) in [4.78, 5) is 16.5. The van der Waals surface area contributed by atoms with E-state index in [0.29, 0.717) is 13.0 Å². The quantitative estimate of drug-likeness (QED) is 0.691. The highest BCUT2D eigenvalue weighted by atomic mass is 32.2. The number of nitrogens with one attached hydrogen (secondary N) is 1. The first kappa shape index (κ1) is 17.7. The fourth-order valence-electron chi connectivity index (χ4n) is 3.01. The van der Waals surface area contributed by atoms with E-state index in [4.69, 9.17) is 4.74 Å². The fraction of sp³-hybridized carbons (Fsp3) is 0.929. The Kier molecular flexibility index (Phi) is 5.81. The molecule has 2 rings (SSSR count). The van der Waals surface area contributed by atoms with Gasteiger partial charge in [0, 0.05) is 25.7 Å². The van der Waals surface area contributed by atoms with Crippen LogP contribution in [0.4, 0.5) is 0 Å². The molecule has 2 fully saturated rings. The van der Waals surface area contributed by atoms with Crippen LogP contribution in [0.1, 0.15) is 13.3 Å². The maximum absolute atomic E-state index is 12.3. The van der Waals surface area contributed by atoms with Crippen LogP contribution in [0.2, 0.25) is 0 Å². The summed E-state index contributed by atoms with van der Waals surface area (Å²) in [5, 5.41) is 2.88. The van der Waals surface area contributed by atoms with Crippen LogP contribution in [0.25, 0.3) is 0 Å². The molecule has 2 aliphatic rings. The summed E-state index contributed by atoms with van der Waals surface area (Å²) >= 11 is 0. The Labute approximate surface area is 132 Å². The van der Waals surface area contributed by atoms with E-state index < -0.39 is 9.84 Å². The van der Waals surface area contributed by atoms with Gasteiger partial charge in [-0.05, 0) is 27.4 Å². The van der Waals surface area contributed by atoms with E-state index >= 15 is 0 Å². The monoisotopic (exact) mass is 333 g/mol. The lowest BCUT2D eigenvalue weighted by Gasteiger charge is -2.37. The smallest absolute Gasteiger partial charge is 0.237 e. The molecular formula is C14H27N3O4S. The van der Waals surface area contributed by atoms with Gasteiger partial charge in [-0.2, -0.15) is 0 Å². The topological polar surface area (TPSA) is 79.0 Å². The zero-order chi connectivity index (χ0) is 16.3. The van der Waals surface area contributed by atoms with Gasteiger partial charge in [0.2, 0.25) is 5.91 Å². The van der Waals surface area contributed by atoms with Crippen LogP contribution in [-0.2, 0) is 19.4 Å². The zero-order valence-electron chi connectivity index (χ0n) is 13.6. The second-order valence-electron chi connectivity index (χ2n) is 6.53. The van der Waals surface area contributed by atoms with Crippen molar-refractivity contribution in [2.45, 2.75) is 31.5 Å². The van der Waals surface area contributed by atoms with Gasteiger partial charge in [0.15, 0.2) is 9.84 Å². The Balaban J connectivity index is 1.84. The van der Waals surface area contributed by atoms with Gasteiger partial charge in [0.25, 0.3) is 0 Å². The summed E-state index contributed by atoms with van der Waals surface area (Å²) in [5.41, 5.74) is 0. The maximum atomic E-state index is 12.3. The van der Waals surface area contributed by atoms with Crippen molar-refractivity contribution < 1.29 is 17.9 Å². The lowest BCUT2D eigenvalue weighted by molar-refractivity contribution is -0.130. The largest absolute Gasteiger partial charge is 0.374 e. The van der Waals surface area contributed by atoms with Crippen molar-refractivity contribution in [1.82, 2.24) is 15.1 Å². The Hall–Kier alpha value is -0.700. The molecule has 0 radical (unpaired) electrons. The summed E-state index contributed by atoms with van der Waals surface area (Å²) in [7, 11) is 1.03. The van der Waals surface area contributed by atoms with E-state index in [0.717, 1.165) is 19.6 Å². The van der Waals surface area contributed by atoms with E-state index in [2.05, 4.69) is 15.1 Å². The van der Waals surface area contributed by atoms with Gasteiger partial charge in [-0.3, -0.25) is 9.69 Å². The number of hydrogen-bond acceptors (Lipinski definition) is 6. The van der Waals surface area contributed by atoms with Crippen LogP contribution in [0.3, 0.4) is 0 Å². The molecule has 0 aromatic heterocycles. The van der Waals surface area contributed by atoms with Crippen molar-refractivity contribution in [1.29, 1.82) is 0 Å². The average molecular weight is 333 g/mol. The molecule has 8 heteroatoms. The van der Waals surface area contributed by atoms with Crippen molar-refractivity contribution >= 4 is 15.7 Å². The summed E-state index contributed by atoms with van der Waals surface area (Å²) in [5.74, 6) is 0.152. The number of likely N-dealkylation sites (N-methyl/N-ethyl adjacent to an activating group) is 1. The van der Waals surface area contributed by atoms with E-state index in [-0.39, 0.29) is 35.6 Å². The molecule has 0 aliphatic carbocycles. The van der Waals surface area contributed by atoms with E-state index in [1.54, 1.807) is 0 Å². The maximum Gasteiger partial charge on any atom is 0.237 e. The first-order valence-electron chi connectivity index (χ1n) is 7.78. The van der Waals surface area contributed by atoms with Crippen molar-refractivity contribution in [2.24, 2.45) is 0 Å². The van der Waals surface area contributed by atoms with Gasteiger partial charge in [-0.15, -0.1) is 0 Å². The predicted octanol–water partition coefficient (Wildman–Crippen LogP) is -1.06. The summed E-state index contributed by atoms with van der Waals surface area (Å²) in [6.07, 6.45) is 0.624. The SMILES string of the molecule is CC(C(=O)NC1CCS(=O)(=O)C1)N1CCOC(CN(C)C)C1. The van der Waals surface area contributed by atoms with Gasteiger partial charge in [0.1, 0.15) is 0 Å². The number of rotatable bonds is 5. The Bertz CT molecular complexity index is 494. The van der Waals surface area contributed by atoms with E-state index in [9.17, 15) is 13.2 Å². The number of nitrogens with zero attached hydrogens (tertiary/aromatic N) is 2. The molecule has 0 spiro atoms. The van der Waals surface area contributed by atoms with E-state index in [1.807, 2.05) is 21.0 Å². The molecule has 2 saturated heterocycles. The molecule has 22 heavy (non-hydrogen) atoms. The number of sulfone groups is 1. The van der Waals surface area contributed by atoms with Gasteiger partial charge in [-0.1, -0.05) is 0 Å². The summed E-state index contributed by atoms with van der Waals surface area (Å²) in [6.45, 7) is 4.76. The molecule has 2 aliphatic heterocycles. The molecule has 128 valence electrons. The zero-order valence-corrected chi connectivity index (χ0v) is 14.4. The Morgan fingerprint density at radius 1 is 1.45 bits per heavy atom. The van der Waals surface area contributed by atoms with Crippen LogP contribution in [-0.4, -0.2) is 94.2 Å². The van der Waals surface area contributed by atoms with Crippen LogP contribution in [0, 0.1) is 0 Å². The fourth-order valence-corrected chi connectivity index (χ4v) is 4.68. The van der Waals surface area contributed by atoms with Crippen LogP contribution in [0.15, 0.2) is 0 Å². The minimum atomic E-state index is -2.97. The number of ether oxygens (including phenoxy) is 1. The van der Waals surface area contributed by atoms with Crippen molar-refractivity contribution in [3.8, 4) is 0 Å². The molecule has 7 nitrogen and oxygen atoms in total. The number of carbonyl (C=O) groups excluding carboxylic acids is 1. The van der Waals surface area contributed by atoms with Crippen LogP contribution in [0.5, 0.6) is 0 Å². The first-order valence-corrected chi connectivity index (χ1v) is 9.60. The molecular weight excluding hydrogens is 306 g/mol. The molecule has 0 aromatic carbocycles. The average Bonchev–Trinajstić information content (AvgIpc) is 2.76. The van der Waals surface area contributed by atoms with Gasteiger partial charge >= 0.3 is 0 Å². The summed E-state index contributed by atoms with van der Waals surface area (Å²) in [6, 6.07) is -0.504. The molecule has 3 unspecified atom stereocenters. The molecule has 0 bridgehead atoms. The first-order chi connectivity index (χ1) is 10.3. The van der Waals surface area contributed by atoms with Gasteiger partial charge in [-0.25, -0.2) is 8.42 Å². The second kappa shape index (κ2) is 7.25. The Morgan fingerprint density at radius 3 is 2.77 bits per heavy atom. The van der Waals surface area contributed by atoms with Gasteiger partial charge in [0.05, 0.1) is 30.3 Å². The molecule has 3 atom stereocenters. The lowest BCUT2D eigenvalue weighted by atomic mass is 10.1. The third kappa shape index (κ3) is 4.91. The van der Waals surface area contributed by atoms with Gasteiger partial charge < -0.3 is 15.0 Å². The highest BCUT2D eigenvalue weighted by Gasteiger charge is 2.32. The number of amides is 1. The van der Waals surface area contributed by atoms with Crippen LogP contribution < -0.4 is 5.32 Å². The third-order valence-corrected chi connectivity index (χ3v) is 6.01. The van der Waals surface area contributed by atoms with Crippen molar-refractivity contribution in [3.63, 3.8) is 0 Å². The molecule has 0 saturated carbocycles. The molecule has 1 amide bonds. The van der Waals surface area contributed by atoms with Crippen LogP contribution >= 0.6 is 0 Å². The third-order valence-electron chi connectivity index (χ3n) is 4.24. The Morgan fingerprint density at radius 2 is 2.18 bits per heavy atom. The minimum absolute atomic E-state index is 0.0673. The number of hydrogen-bond donors (Lipinski definition) is 1. The molecule has 0 aromatic rings. The molecule has 2 heterocycles.